The van der Waals surface area contributed by atoms with E-state index in [1.165, 1.54) is 13.2 Å². The lowest BCUT2D eigenvalue weighted by Crippen LogP contribution is -2.18. The number of methoxy groups -OCH3 is 1. The summed E-state index contributed by atoms with van der Waals surface area (Å²) in [4.78, 5) is 36.7. The molecule has 2 aromatic carbocycles. The van der Waals surface area contributed by atoms with E-state index in [-0.39, 0.29) is 22.7 Å². The van der Waals surface area contributed by atoms with Gasteiger partial charge in [0.25, 0.3) is 0 Å². The fourth-order valence-electron chi connectivity index (χ4n) is 2.52. The van der Waals surface area contributed by atoms with Gasteiger partial charge in [-0.15, -0.1) is 0 Å². The van der Waals surface area contributed by atoms with Crippen LogP contribution in [0.5, 0.6) is 0 Å². The molecule has 0 aliphatic heterocycles. The van der Waals surface area contributed by atoms with Crippen molar-refractivity contribution in [1.82, 2.24) is 0 Å². The van der Waals surface area contributed by atoms with E-state index >= 15 is 0 Å². The average Bonchev–Trinajstić information content (AvgIpc) is 2.57. The zero-order valence-corrected chi connectivity index (χ0v) is 11.8. The quantitative estimate of drug-likeness (QED) is 0.798. The van der Waals surface area contributed by atoms with E-state index in [0.29, 0.717) is 16.7 Å². The van der Waals surface area contributed by atoms with Gasteiger partial charge < -0.3 is 4.74 Å². The molecule has 22 heavy (non-hydrogen) atoms. The van der Waals surface area contributed by atoms with E-state index in [1.54, 1.807) is 48.5 Å². The van der Waals surface area contributed by atoms with Gasteiger partial charge in [0, 0.05) is 22.3 Å². The summed E-state index contributed by atoms with van der Waals surface area (Å²) in [5.41, 5.74) is 1.61. The van der Waals surface area contributed by atoms with Crippen LogP contribution < -0.4 is 0 Å². The molecule has 0 bridgehead atoms. The molecule has 0 spiro atoms. The predicted octanol–water partition coefficient (Wildman–Crippen LogP) is 2.94. The predicted molar refractivity (Wildman–Crippen MR) is 80.9 cm³/mol. The van der Waals surface area contributed by atoms with Crippen molar-refractivity contribution in [2.24, 2.45) is 0 Å². The zero-order chi connectivity index (χ0) is 15.7. The van der Waals surface area contributed by atoms with Crippen LogP contribution >= 0.6 is 0 Å². The highest BCUT2D eigenvalue weighted by molar-refractivity contribution is 6.39. The fourth-order valence-corrected chi connectivity index (χ4v) is 2.52. The first-order valence-corrected chi connectivity index (χ1v) is 6.71. The molecular formula is C18H12O4. The minimum Gasteiger partial charge on any atom is -0.465 e. The molecule has 3 rings (SSSR count). The Balaban J connectivity index is 2.17. The highest BCUT2D eigenvalue weighted by atomic mass is 16.5. The highest BCUT2D eigenvalue weighted by Gasteiger charge is 2.28. The van der Waals surface area contributed by atoms with Crippen LogP contribution in [0.4, 0.5) is 0 Å². The van der Waals surface area contributed by atoms with E-state index in [0.717, 1.165) is 0 Å². The van der Waals surface area contributed by atoms with Crippen LogP contribution in [0.3, 0.4) is 0 Å². The Bertz CT molecular complexity index is 830. The van der Waals surface area contributed by atoms with Crippen molar-refractivity contribution in [3.63, 3.8) is 0 Å². The standard InChI is InChI=1S/C18H12O4/c1-22-18(21)14-9-5-2-6-11(14)15-10-16(19)12-7-3-4-8-13(12)17(15)20/h2-10H,1H3. The molecule has 0 saturated carbocycles. The second-order valence-corrected chi connectivity index (χ2v) is 4.83. The normalized spacial score (nSPS) is 13.4. The number of rotatable bonds is 2. The van der Waals surface area contributed by atoms with Crippen molar-refractivity contribution in [3.05, 3.63) is 76.9 Å². The summed E-state index contributed by atoms with van der Waals surface area (Å²) in [6, 6.07) is 13.3. The number of carbonyl (C=O) groups is 3. The molecule has 0 atom stereocenters. The average molecular weight is 292 g/mol. The second kappa shape index (κ2) is 5.41. The molecular weight excluding hydrogens is 280 g/mol. The molecule has 4 heteroatoms. The van der Waals surface area contributed by atoms with E-state index in [9.17, 15) is 14.4 Å². The Hall–Kier alpha value is -3.01. The summed E-state index contributed by atoms with van der Waals surface area (Å²) < 4.78 is 4.74. The molecule has 0 radical (unpaired) electrons. The monoisotopic (exact) mass is 292 g/mol. The Kier molecular flexibility index (Phi) is 3.43. The topological polar surface area (TPSA) is 60.4 Å². The molecule has 0 aromatic heterocycles. The molecule has 0 heterocycles. The van der Waals surface area contributed by atoms with Crippen molar-refractivity contribution in [3.8, 4) is 0 Å². The SMILES string of the molecule is COC(=O)c1ccccc1C1=CC(=O)c2ccccc2C1=O. The maximum Gasteiger partial charge on any atom is 0.338 e. The second-order valence-electron chi connectivity index (χ2n) is 4.83. The largest absolute Gasteiger partial charge is 0.465 e. The Labute approximate surface area is 127 Å². The van der Waals surface area contributed by atoms with Gasteiger partial charge in [-0.3, -0.25) is 9.59 Å². The van der Waals surface area contributed by atoms with Gasteiger partial charge in [0.2, 0.25) is 0 Å². The number of ether oxygens (including phenoxy) is 1. The van der Waals surface area contributed by atoms with Gasteiger partial charge in [0.1, 0.15) is 0 Å². The number of hydrogen-bond donors (Lipinski definition) is 0. The van der Waals surface area contributed by atoms with Gasteiger partial charge in [-0.2, -0.15) is 0 Å². The van der Waals surface area contributed by atoms with E-state index in [1.807, 2.05) is 0 Å². The van der Waals surface area contributed by atoms with Crippen LogP contribution in [0.2, 0.25) is 0 Å². The smallest absolute Gasteiger partial charge is 0.338 e. The summed E-state index contributed by atoms with van der Waals surface area (Å²) >= 11 is 0. The zero-order valence-electron chi connectivity index (χ0n) is 11.8. The van der Waals surface area contributed by atoms with Gasteiger partial charge in [-0.1, -0.05) is 42.5 Å². The van der Waals surface area contributed by atoms with Gasteiger partial charge in [0.05, 0.1) is 12.7 Å². The van der Waals surface area contributed by atoms with Crippen LogP contribution in [-0.2, 0) is 4.74 Å². The van der Waals surface area contributed by atoms with Crippen LogP contribution in [-0.4, -0.2) is 24.6 Å². The van der Waals surface area contributed by atoms with Crippen molar-refractivity contribution in [2.45, 2.75) is 0 Å². The van der Waals surface area contributed by atoms with E-state index in [4.69, 9.17) is 4.74 Å². The Morgan fingerprint density at radius 3 is 2.14 bits per heavy atom. The number of allylic oxidation sites excluding steroid dienone is 2. The molecule has 2 aromatic rings. The molecule has 0 saturated heterocycles. The number of hydrogen-bond acceptors (Lipinski definition) is 4. The minimum absolute atomic E-state index is 0.213. The number of esters is 1. The number of benzene rings is 2. The molecule has 0 amide bonds. The van der Waals surface area contributed by atoms with E-state index in [2.05, 4.69) is 0 Å². The highest BCUT2D eigenvalue weighted by Crippen LogP contribution is 2.29. The molecule has 1 aliphatic carbocycles. The van der Waals surface area contributed by atoms with Crippen LogP contribution in [0.1, 0.15) is 36.6 Å². The Morgan fingerprint density at radius 2 is 1.45 bits per heavy atom. The van der Waals surface area contributed by atoms with Crippen molar-refractivity contribution in [1.29, 1.82) is 0 Å². The number of Topliss-reactive ketones (excluding diaryl/α,β-unsaturated/α-hetero) is 1. The van der Waals surface area contributed by atoms with E-state index < -0.39 is 5.97 Å². The maximum atomic E-state index is 12.7. The summed E-state index contributed by atoms with van der Waals surface area (Å²) in [5, 5.41) is 0. The molecule has 108 valence electrons. The van der Waals surface area contributed by atoms with Gasteiger partial charge in [-0.05, 0) is 12.1 Å². The first-order valence-electron chi connectivity index (χ1n) is 6.71. The van der Waals surface area contributed by atoms with Gasteiger partial charge in [-0.25, -0.2) is 4.79 Å². The number of ketones is 2. The first-order chi connectivity index (χ1) is 10.6. The van der Waals surface area contributed by atoms with Crippen molar-refractivity contribution >= 4 is 23.1 Å². The number of fused-ring (bicyclic) bond motifs is 1. The molecule has 4 nitrogen and oxygen atoms in total. The molecule has 0 unspecified atom stereocenters. The summed E-state index contributed by atoms with van der Waals surface area (Å²) in [5.74, 6) is -1.06. The number of carbonyl (C=O) groups excluding carboxylic acids is 3. The summed E-state index contributed by atoms with van der Waals surface area (Å²) in [6.45, 7) is 0. The molecule has 0 fully saturated rings. The lowest BCUT2D eigenvalue weighted by atomic mass is 9.85. The molecule has 1 aliphatic rings. The van der Waals surface area contributed by atoms with Crippen LogP contribution in [0, 0.1) is 0 Å². The minimum atomic E-state index is -0.546. The summed E-state index contributed by atoms with van der Waals surface area (Å²) in [6.07, 6.45) is 1.28. The fraction of sp³-hybridized carbons (Fsp3) is 0.0556. The van der Waals surface area contributed by atoms with Crippen LogP contribution in [0.25, 0.3) is 5.57 Å². The molecule has 0 N–H and O–H groups in total. The van der Waals surface area contributed by atoms with Crippen molar-refractivity contribution < 1.29 is 19.1 Å². The Morgan fingerprint density at radius 1 is 0.864 bits per heavy atom. The van der Waals surface area contributed by atoms with Gasteiger partial charge >= 0.3 is 5.97 Å². The summed E-state index contributed by atoms with van der Waals surface area (Å²) in [7, 11) is 1.27. The first kappa shape index (κ1) is 13.9. The third kappa shape index (κ3) is 2.15. The van der Waals surface area contributed by atoms with Crippen LogP contribution in [0.15, 0.2) is 54.6 Å². The maximum absolute atomic E-state index is 12.7. The van der Waals surface area contributed by atoms with Crippen molar-refractivity contribution in [2.75, 3.05) is 7.11 Å². The lowest BCUT2D eigenvalue weighted by Gasteiger charge is -2.16. The third-order valence-corrected chi connectivity index (χ3v) is 3.58. The van der Waals surface area contributed by atoms with Gasteiger partial charge in [0.15, 0.2) is 11.6 Å². The third-order valence-electron chi connectivity index (χ3n) is 3.58. The lowest BCUT2D eigenvalue weighted by molar-refractivity contribution is 0.0600.